The van der Waals surface area contributed by atoms with Gasteiger partial charge >= 0.3 is 6.09 Å². The topological polar surface area (TPSA) is 67.9 Å². The minimum absolute atomic E-state index is 0.0113. The van der Waals surface area contributed by atoms with Crippen LogP contribution < -0.4 is 10.1 Å². The second-order valence-corrected chi connectivity index (χ2v) is 7.74. The molecule has 33 heavy (non-hydrogen) atoms. The lowest BCUT2D eigenvalue weighted by Crippen LogP contribution is -2.37. The van der Waals surface area contributed by atoms with Gasteiger partial charge in [-0.1, -0.05) is 30.3 Å². The molecule has 0 aromatic heterocycles. The number of benzene rings is 3. The normalized spacial score (nSPS) is 15.3. The average Bonchev–Trinajstić information content (AvgIpc) is 2.89. The van der Waals surface area contributed by atoms with Crippen LogP contribution in [0, 0.1) is 11.6 Å². The quantitative estimate of drug-likeness (QED) is 0.590. The molecule has 1 N–H and O–H groups in total. The lowest BCUT2D eigenvalue weighted by Gasteiger charge is -2.22. The first kappa shape index (κ1) is 22.3. The van der Waals surface area contributed by atoms with Gasteiger partial charge in [0.05, 0.1) is 0 Å². The molecule has 8 heteroatoms. The maximum atomic E-state index is 13.6. The molecule has 0 aliphatic carbocycles. The molecule has 0 spiro atoms. The van der Waals surface area contributed by atoms with Gasteiger partial charge in [-0.3, -0.25) is 10.1 Å². The Labute approximate surface area is 189 Å². The second-order valence-electron chi connectivity index (χ2n) is 7.74. The molecule has 0 saturated heterocycles. The van der Waals surface area contributed by atoms with Gasteiger partial charge in [0.25, 0.3) is 5.91 Å². The summed E-state index contributed by atoms with van der Waals surface area (Å²) in [4.78, 5) is 26.4. The summed E-state index contributed by atoms with van der Waals surface area (Å²) in [6.45, 7) is 1.90. The van der Waals surface area contributed by atoms with E-state index in [9.17, 15) is 18.4 Å². The minimum Gasteiger partial charge on any atom is -0.481 e. The van der Waals surface area contributed by atoms with E-state index >= 15 is 0 Å². The number of ether oxygens (including phenoxy) is 2. The molecule has 4 rings (SSSR count). The number of carbonyl (C=O) groups excluding carboxylic acids is 2. The van der Waals surface area contributed by atoms with E-state index in [0.29, 0.717) is 22.6 Å². The summed E-state index contributed by atoms with van der Waals surface area (Å²) in [5, 5.41) is 2.67. The van der Waals surface area contributed by atoms with E-state index in [4.69, 9.17) is 9.47 Å². The average molecular weight is 452 g/mol. The highest BCUT2D eigenvalue weighted by Crippen LogP contribution is 2.29. The number of fused-ring (bicyclic) bond motifs is 1. The predicted molar refractivity (Wildman–Crippen MR) is 117 cm³/mol. The maximum absolute atomic E-state index is 13.6. The number of anilines is 1. The van der Waals surface area contributed by atoms with Crippen LogP contribution >= 0.6 is 0 Å². The summed E-state index contributed by atoms with van der Waals surface area (Å²) in [6.07, 6.45) is -1.40. The van der Waals surface area contributed by atoms with Crippen molar-refractivity contribution >= 4 is 17.7 Å². The Balaban J connectivity index is 1.48. The first-order chi connectivity index (χ1) is 15.9. The zero-order valence-corrected chi connectivity index (χ0v) is 17.9. The number of amides is 2. The molecule has 2 amide bonds. The molecule has 1 atom stereocenters. The van der Waals surface area contributed by atoms with Crippen molar-refractivity contribution in [3.63, 3.8) is 0 Å². The first-order valence-corrected chi connectivity index (χ1v) is 10.4. The zero-order valence-electron chi connectivity index (χ0n) is 17.9. The van der Waals surface area contributed by atoms with E-state index in [1.54, 1.807) is 25.1 Å². The van der Waals surface area contributed by atoms with Crippen molar-refractivity contribution in [2.45, 2.75) is 32.7 Å². The summed E-state index contributed by atoms with van der Waals surface area (Å²) in [5.41, 5.74) is 2.30. The third-order valence-corrected chi connectivity index (χ3v) is 5.14. The van der Waals surface area contributed by atoms with E-state index in [2.05, 4.69) is 5.32 Å². The van der Waals surface area contributed by atoms with Gasteiger partial charge in [-0.05, 0) is 48.4 Å². The molecule has 1 heterocycles. The monoisotopic (exact) mass is 452 g/mol. The van der Waals surface area contributed by atoms with Gasteiger partial charge in [-0.15, -0.1) is 0 Å². The molecule has 6 nitrogen and oxygen atoms in total. The molecule has 1 aliphatic heterocycles. The van der Waals surface area contributed by atoms with Crippen LogP contribution in [0.25, 0.3) is 0 Å². The molecular weight excluding hydrogens is 430 g/mol. The molecule has 0 radical (unpaired) electrons. The summed E-state index contributed by atoms with van der Waals surface area (Å²) < 4.78 is 38.2. The Morgan fingerprint density at radius 1 is 1.06 bits per heavy atom. The van der Waals surface area contributed by atoms with E-state index in [0.717, 1.165) is 11.6 Å². The van der Waals surface area contributed by atoms with Crippen LogP contribution in [0.15, 0.2) is 66.7 Å². The first-order valence-electron chi connectivity index (χ1n) is 10.4. The van der Waals surface area contributed by atoms with Gasteiger partial charge in [0, 0.05) is 30.4 Å². The van der Waals surface area contributed by atoms with Crippen LogP contribution in [-0.4, -0.2) is 23.0 Å². The maximum Gasteiger partial charge on any atom is 0.411 e. The fourth-order valence-corrected chi connectivity index (χ4v) is 3.61. The second kappa shape index (κ2) is 9.68. The van der Waals surface area contributed by atoms with Crippen LogP contribution in [0.2, 0.25) is 0 Å². The zero-order chi connectivity index (χ0) is 23.4. The van der Waals surface area contributed by atoms with E-state index in [-0.39, 0.29) is 25.6 Å². The Morgan fingerprint density at radius 2 is 1.79 bits per heavy atom. The standard InChI is InChI=1S/C25H22F2N2O4/c1-16-24(30)29(13-18-9-20(26)12-21(27)10-18)14-19-11-22(7-8-23(19)33-16)28-25(31)32-15-17-5-3-2-4-6-17/h2-12,16H,13-15H2,1H3,(H,28,31). The third-order valence-electron chi connectivity index (χ3n) is 5.14. The van der Waals surface area contributed by atoms with Crippen LogP contribution in [0.5, 0.6) is 5.75 Å². The fourth-order valence-electron chi connectivity index (χ4n) is 3.61. The number of halogens is 2. The van der Waals surface area contributed by atoms with Crippen molar-refractivity contribution < 1.29 is 27.8 Å². The van der Waals surface area contributed by atoms with Gasteiger partial charge in [-0.25, -0.2) is 13.6 Å². The Morgan fingerprint density at radius 3 is 2.52 bits per heavy atom. The predicted octanol–water partition coefficient (Wildman–Crippen LogP) is 5.02. The van der Waals surface area contributed by atoms with Crippen LogP contribution in [0.3, 0.4) is 0 Å². The summed E-state index contributed by atoms with van der Waals surface area (Å²) in [5.74, 6) is -1.24. The van der Waals surface area contributed by atoms with Gasteiger partial charge in [0.15, 0.2) is 6.10 Å². The largest absolute Gasteiger partial charge is 0.481 e. The van der Waals surface area contributed by atoms with E-state index < -0.39 is 23.8 Å². The minimum atomic E-state index is -0.778. The molecule has 0 fully saturated rings. The SMILES string of the molecule is CC1Oc2ccc(NC(=O)OCc3ccccc3)cc2CN(Cc2cc(F)cc(F)c2)C1=O. The van der Waals surface area contributed by atoms with Crippen molar-refractivity contribution in [3.05, 3.63) is 95.1 Å². The van der Waals surface area contributed by atoms with E-state index in [1.165, 1.54) is 17.0 Å². The summed E-state index contributed by atoms with van der Waals surface area (Å²) in [7, 11) is 0. The van der Waals surface area contributed by atoms with Gasteiger partial charge in [0.2, 0.25) is 0 Å². The van der Waals surface area contributed by atoms with Crippen LogP contribution in [0.1, 0.15) is 23.6 Å². The van der Waals surface area contributed by atoms with Crippen molar-refractivity contribution in [2.24, 2.45) is 0 Å². The molecular formula is C25H22F2N2O4. The molecule has 0 saturated carbocycles. The number of carbonyl (C=O) groups is 2. The molecule has 170 valence electrons. The molecule has 3 aromatic carbocycles. The Hall–Kier alpha value is -3.94. The number of nitrogens with zero attached hydrogens (tertiary/aromatic N) is 1. The lowest BCUT2D eigenvalue weighted by atomic mass is 10.1. The highest BCUT2D eigenvalue weighted by atomic mass is 19.1. The highest BCUT2D eigenvalue weighted by Gasteiger charge is 2.28. The van der Waals surface area contributed by atoms with E-state index in [1.807, 2.05) is 30.3 Å². The molecule has 1 unspecified atom stereocenters. The highest BCUT2D eigenvalue weighted by molar-refractivity contribution is 5.85. The van der Waals surface area contributed by atoms with Crippen molar-refractivity contribution in [2.75, 3.05) is 5.32 Å². The van der Waals surface area contributed by atoms with Crippen LogP contribution in [-0.2, 0) is 29.2 Å². The third kappa shape index (κ3) is 5.65. The molecule has 1 aliphatic rings. The van der Waals surface area contributed by atoms with Gasteiger partial charge in [0.1, 0.15) is 24.0 Å². The Bertz CT molecular complexity index is 1150. The Kier molecular flexibility index (Phi) is 6.53. The van der Waals surface area contributed by atoms with Crippen molar-refractivity contribution in [1.82, 2.24) is 4.90 Å². The fraction of sp³-hybridized carbons (Fsp3) is 0.200. The van der Waals surface area contributed by atoms with Crippen molar-refractivity contribution in [1.29, 1.82) is 0 Å². The molecule has 0 bridgehead atoms. The number of nitrogens with one attached hydrogen (secondary N) is 1. The lowest BCUT2D eigenvalue weighted by molar-refractivity contribution is -0.138. The molecule has 3 aromatic rings. The van der Waals surface area contributed by atoms with Gasteiger partial charge < -0.3 is 14.4 Å². The number of hydrogen-bond acceptors (Lipinski definition) is 4. The summed E-state index contributed by atoms with van der Waals surface area (Å²) in [6, 6.07) is 17.4. The smallest absolute Gasteiger partial charge is 0.411 e. The van der Waals surface area contributed by atoms with Crippen LogP contribution in [0.4, 0.5) is 19.3 Å². The van der Waals surface area contributed by atoms with Gasteiger partial charge in [-0.2, -0.15) is 0 Å². The number of hydrogen-bond donors (Lipinski definition) is 1. The number of rotatable bonds is 5. The summed E-state index contributed by atoms with van der Waals surface area (Å²) >= 11 is 0. The van der Waals surface area contributed by atoms with Crippen molar-refractivity contribution in [3.8, 4) is 5.75 Å².